The average molecular weight is 423 g/mol. The molecule has 1 unspecified atom stereocenters. The van der Waals surface area contributed by atoms with Crippen molar-refractivity contribution in [2.75, 3.05) is 23.9 Å². The van der Waals surface area contributed by atoms with Gasteiger partial charge in [0.25, 0.3) is 5.91 Å². The first kappa shape index (κ1) is 20.0. The predicted octanol–water partition coefficient (Wildman–Crippen LogP) is 3.88. The predicted molar refractivity (Wildman–Crippen MR) is 116 cm³/mol. The van der Waals surface area contributed by atoms with Crippen molar-refractivity contribution in [3.63, 3.8) is 0 Å². The number of carbonyl (C=O) groups excluding carboxylic acids is 2. The van der Waals surface area contributed by atoms with Crippen molar-refractivity contribution in [3.8, 4) is 5.75 Å². The topological polar surface area (TPSA) is 84.4 Å². The monoisotopic (exact) mass is 422 g/mol. The molecule has 1 atom stereocenters. The maximum Gasteiger partial charge on any atom is 0.257 e. The molecule has 8 heteroatoms. The summed E-state index contributed by atoms with van der Waals surface area (Å²) in [5, 5.41) is 12.3. The van der Waals surface area contributed by atoms with Crippen molar-refractivity contribution in [2.45, 2.75) is 25.7 Å². The van der Waals surface area contributed by atoms with Crippen LogP contribution in [-0.2, 0) is 11.2 Å². The number of hydrogen-bond acceptors (Lipinski definition) is 6. The zero-order valence-corrected chi connectivity index (χ0v) is 17.6. The van der Waals surface area contributed by atoms with E-state index in [1.165, 1.54) is 11.3 Å². The fraction of sp³-hybridized carbons (Fsp3) is 0.273. The van der Waals surface area contributed by atoms with Crippen LogP contribution in [0.1, 0.15) is 40.2 Å². The molecule has 0 saturated carbocycles. The zero-order chi connectivity index (χ0) is 21.1. The van der Waals surface area contributed by atoms with E-state index in [1.807, 2.05) is 29.2 Å². The van der Waals surface area contributed by atoms with Gasteiger partial charge in [0.2, 0.25) is 11.0 Å². The summed E-state index contributed by atoms with van der Waals surface area (Å²) >= 11 is 1.31. The molecule has 0 spiro atoms. The maximum atomic E-state index is 12.7. The van der Waals surface area contributed by atoms with Gasteiger partial charge in [0, 0.05) is 30.1 Å². The van der Waals surface area contributed by atoms with Crippen molar-refractivity contribution in [1.29, 1.82) is 0 Å². The van der Waals surface area contributed by atoms with Crippen molar-refractivity contribution < 1.29 is 14.3 Å². The van der Waals surface area contributed by atoms with Gasteiger partial charge in [0.15, 0.2) is 0 Å². The largest absolute Gasteiger partial charge is 0.497 e. The summed E-state index contributed by atoms with van der Waals surface area (Å²) < 4.78 is 5.16. The maximum absolute atomic E-state index is 12.7. The molecule has 2 aromatic carbocycles. The number of aryl methyl sites for hydroxylation is 1. The lowest BCUT2D eigenvalue weighted by atomic mass is 10.1. The third kappa shape index (κ3) is 4.04. The van der Waals surface area contributed by atoms with Gasteiger partial charge in [0.1, 0.15) is 10.8 Å². The summed E-state index contributed by atoms with van der Waals surface area (Å²) in [5.74, 6) is 0.371. The first-order chi connectivity index (χ1) is 14.6. The smallest absolute Gasteiger partial charge is 0.257 e. The highest BCUT2D eigenvalue weighted by Crippen LogP contribution is 2.35. The van der Waals surface area contributed by atoms with Crippen molar-refractivity contribution in [1.82, 2.24) is 10.2 Å². The number of carbonyl (C=O) groups is 2. The number of nitrogens with one attached hydrogen (secondary N) is 1. The van der Waals surface area contributed by atoms with Gasteiger partial charge >= 0.3 is 0 Å². The normalized spacial score (nSPS) is 16.0. The Morgan fingerprint density at radius 2 is 2.07 bits per heavy atom. The van der Waals surface area contributed by atoms with Gasteiger partial charge in [-0.15, -0.1) is 10.2 Å². The second kappa shape index (κ2) is 8.62. The number of benzene rings is 2. The molecular formula is C22H22N4O3S. The lowest BCUT2D eigenvalue weighted by molar-refractivity contribution is -0.117. The fourth-order valence-corrected chi connectivity index (χ4v) is 4.39. The van der Waals surface area contributed by atoms with Crippen LogP contribution in [0, 0.1) is 0 Å². The number of amides is 2. The molecule has 7 nitrogen and oxygen atoms in total. The summed E-state index contributed by atoms with van der Waals surface area (Å²) in [6.45, 7) is 2.65. The molecular weight excluding hydrogens is 400 g/mol. The lowest BCUT2D eigenvalue weighted by Gasteiger charge is -2.19. The van der Waals surface area contributed by atoms with Crippen LogP contribution in [0.15, 0.2) is 48.5 Å². The second-order valence-corrected chi connectivity index (χ2v) is 8.03. The number of methoxy groups -OCH3 is 1. The van der Waals surface area contributed by atoms with E-state index in [-0.39, 0.29) is 17.7 Å². The van der Waals surface area contributed by atoms with E-state index in [4.69, 9.17) is 4.74 Å². The molecule has 0 aliphatic carbocycles. The summed E-state index contributed by atoms with van der Waals surface area (Å²) in [6.07, 6.45) is 1.25. The summed E-state index contributed by atoms with van der Waals surface area (Å²) in [6, 6.07) is 14.9. The van der Waals surface area contributed by atoms with Gasteiger partial charge in [-0.2, -0.15) is 0 Å². The number of para-hydroxylation sites is 1. The molecule has 2 amide bonds. The molecule has 3 aromatic rings. The molecule has 1 fully saturated rings. The number of aromatic nitrogens is 2. The van der Waals surface area contributed by atoms with E-state index in [1.54, 1.807) is 31.4 Å². The summed E-state index contributed by atoms with van der Waals surface area (Å²) in [4.78, 5) is 27.0. The summed E-state index contributed by atoms with van der Waals surface area (Å²) in [7, 11) is 1.55. The molecule has 1 aliphatic rings. The Morgan fingerprint density at radius 3 is 2.87 bits per heavy atom. The molecule has 1 saturated heterocycles. The minimum atomic E-state index is -0.280. The van der Waals surface area contributed by atoms with Crippen LogP contribution in [0.4, 0.5) is 10.8 Å². The molecule has 0 radical (unpaired) electrons. The quantitative estimate of drug-likeness (QED) is 0.652. The Morgan fingerprint density at radius 1 is 1.23 bits per heavy atom. The highest BCUT2D eigenvalue weighted by Gasteiger charge is 2.34. The van der Waals surface area contributed by atoms with Gasteiger partial charge < -0.3 is 9.64 Å². The van der Waals surface area contributed by atoms with E-state index in [9.17, 15) is 9.59 Å². The van der Waals surface area contributed by atoms with Gasteiger partial charge in [-0.25, -0.2) is 0 Å². The minimum Gasteiger partial charge on any atom is -0.497 e. The molecule has 1 N–H and O–H groups in total. The van der Waals surface area contributed by atoms with Crippen molar-refractivity contribution in [3.05, 3.63) is 64.7 Å². The lowest BCUT2D eigenvalue weighted by Crippen LogP contribution is -2.25. The zero-order valence-electron chi connectivity index (χ0n) is 16.8. The first-order valence-electron chi connectivity index (χ1n) is 9.76. The highest BCUT2D eigenvalue weighted by atomic mass is 32.1. The number of anilines is 2. The van der Waals surface area contributed by atoms with Gasteiger partial charge in [-0.05, 0) is 36.2 Å². The Hall–Kier alpha value is -3.26. The van der Waals surface area contributed by atoms with E-state index < -0.39 is 0 Å². The molecule has 1 aromatic heterocycles. The van der Waals surface area contributed by atoms with E-state index in [2.05, 4.69) is 22.4 Å². The number of rotatable bonds is 6. The van der Waals surface area contributed by atoms with Crippen LogP contribution in [-0.4, -0.2) is 35.7 Å². The Bertz CT molecular complexity index is 1080. The average Bonchev–Trinajstić information content (AvgIpc) is 3.40. The van der Waals surface area contributed by atoms with Crippen LogP contribution in [0.25, 0.3) is 0 Å². The van der Waals surface area contributed by atoms with Crippen LogP contribution >= 0.6 is 11.3 Å². The van der Waals surface area contributed by atoms with Crippen LogP contribution < -0.4 is 15.0 Å². The molecule has 154 valence electrons. The standard InChI is InChI=1S/C22H22N4O3S/c1-3-14-7-4-5-10-18(14)26-13-16(12-19(26)27)21-24-25-22(30-21)23-20(28)15-8-6-9-17(11-15)29-2/h4-11,16H,3,12-13H2,1-2H3,(H,23,25,28). The van der Waals surface area contributed by atoms with Crippen molar-refractivity contribution >= 4 is 34.0 Å². The summed E-state index contributed by atoms with van der Waals surface area (Å²) in [5.41, 5.74) is 2.59. The Kier molecular flexibility index (Phi) is 5.76. The number of hydrogen-bond donors (Lipinski definition) is 1. The molecule has 4 rings (SSSR count). The van der Waals surface area contributed by atoms with Gasteiger partial charge in [-0.1, -0.05) is 42.5 Å². The van der Waals surface area contributed by atoms with E-state index >= 15 is 0 Å². The molecule has 30 heavy (non-hydrogen) atoms. The molecule has 0 bridgehead atoms. The SMILES string of the molecule is CCc1ccccc1N1CC(c2nnc(NC(=O)c3cccc(OC)c3)s2)CC1=O. The third-order valence-corrected chi connectivity index (χ3v) is 6.13. The third-order valence-electron chi connectivity index (χ3n) is 5.13. The van der Waals surface area contributed by atoms with Crippen LogP contribution in [0.2, 0.25) is 0 Å². The first-order valence-corrected chi connectivity index (χ1v) is 10.6. The number of ether oxygens (including phenoxy) is 1. The second-order valence-electron chi connectivity index (χ2n) is 7.02. The Balaban J connectivity index is 1.46. The van der Waals surface area contributed by atoms with Crippen LogP contribution in [0.5, 0.6) is 5.75 Å². The van der Waals surface area contributed by atoms with Crippen LogP contribution in [0.3, 0.4) is 0 Å². The van der Waals surface area contributed by atoms with E-state index in [0.29, 0.717) is 29.4 Å². The van der Waals surface area contributed by atoms with E-state index in [0.717, 1.165) is 22.7 Å². The Labute approximate surface area is 178 Å². The fourth-order valence-electron chi connectivity index (χ4n) is 3.56. The van der Waals surface area contributed by atoms with Crippen molar-refractivity contribution in [2.24, 2.45) is 0 Å². The molecule has 2 heterocycles. The van der Waals surface area contributed by atoms with Gasteiger partial charge in [-0.3, -0.25) is 14.9 Å². The van der Waals surface area contributed by atoms with Gasteiger partial charge in [0.05, 0.1) is 7.11 Å². The molecule has 1 aliphatic heterocycles. The highest BCUT2D eigenvalue weighted by molar-refractivity contribution is 7.15. The number of nitrogens with zero attached hydrogens (tertiary/aromatic N) is 3. The minimum absolute atomic E-state index is 0.0395.